The monoisotopic (exact) mass is 146 g/mol. The maximum absolute atomic E-state index is 10.6. The standard InChI is InChI=1S/C4H6N2O2S/c1-2-3(7)5-4(6-8)9-2/h2,8H,1H3,(H,5,6,7). The first-order chi connectivity index (χ1) is 4.24. The fourth-order valence-electron chi connectivity index (χ4n) is 0.506. The van der Waals surface area contributed by atoms with Gasteiger partial charge in [-0.2, -0.15) is 0 Å². The van der Waals surface area contributed by atoms with Gasteiger partial charge in [0.2, 0.25) is 11.1 Å². The molecule has 4 nitrogen and oxygen atoms in total. The minimum atomic E-state index is -0.129. The van der Waals surface area contributed by atoms with Gasteiger partial charge in [0.05, 0.1) is 5.25 Å². The molecule has 0 radical (unpaired) electrons. The van der Waals surface area contributed by atoms with Gasteiger partial charge in [-0.1, -0.05) is 16.9 Å². The van der Waals surface area contributed by atoms with Crippen molar-refractivity contribution in [1.29, 1.82) is 0 Å². The summed E-state index contributed by atoms with van der Waals surface area (Å²) in [6, 6.07) is 0. The number of thioether (sulfide) groups is 1. The molecule has 1 atom stereocenters. The van der Waals surface area contributed by atoms with Crippen molar-refractivity contribution >= 4 is 22.8 Å². The second kappa shape index (κ2) is 2.26. The van der Waals surface area contributed by atoms with Gasteiger partial charge in [-0.05, 0) is 6.92 Å². The molecule has 50 valence electrons. The van der Waals surface area contributed by atoms with E-state index in [0.717, 1.165) is 0 Å². The van der Waals surface area contributed by atoms with Crippen LogP contribution in [-0.2, 0) is 4.79 Å². The maximum atomic E-state index is 10.6. The summed E-state index contributed by atoms with van der Waals surface area (Å²) in [5.74, 6) is -0.104. The molecule has 0 aliphatic carbocycles. The van der Waals surface area contributed by atoms with Crippen LogP contribution in [0.4, 0.5) is 0 Å². The van der Waals surface area contributed by atoms with Crippen molar-refractivity contribution in [1.82, 2.24) is 5.32 Å². The van der Waals surface area contributed by atoms with E-state index in [9.17, 15) is 4.79 Å². The summed E-state index contributed by atoms with van der Waals surface area (Å²) in [5.41, 5.74) is 0. The van der Waals surface area contributed by atoms with Gasteiger partial charge in [0.25, 0.3) is 0 Å². The topological polar surface area (TPSA) is 61.7 Å². The number of rotatable bonds is 0. The Hall–Kier alpha value is -0.710. The van der Waals surface area contributed by atoms with Crippen LogP contribution >= 0.6 is 11.8 Å². The summed E-state index contributed by atoms with van der Waals surface area (Å²) in [7, 11) is 0. The number of nitrogens with zero attached hydrogens (tertiary/aromatic N) is 1. The fourth-order valence-corrected chi connectivity index (χ4v) is 1.21. The van der Waals surface area contributed by atoms with Crippen LogP contribution < -0.4 is 5.32 Å². The molecule has 1 unspecified atom stereocenters. The zero-order valence-corrected chi connectivity index (χ0v) is 5.60. The molecule has 0 spiro atoms. The molecule has 5 heteroatoms. The van der Waals surface area contributed by atoms with Gasteiger partial charge in [0.15, 0.2) is 0 Å². The molecule has 0 saturated carbocycles. The average Bonchev–Trinajstić information content (AvgIpc) is 2.13. The van der Waals surface area contributed by atoms with Gasteiger partial charge in [-0.25, -0.2) is 0 Å². The Bertz CT molecular complexity index is 168. The first-order valence-electron chi connectivity index (χ1n) is 2.43. The average molecular weight is 146 g/mol. The van der Waals surface area contributed by atoms with E-state index in [1.54, 1.807) is 6.92 Å². The van der Waals surface area contributed by atoms with Crippen LogP contribution in [0.2, 0.25) is 0 Å². The highest BCUT2D eigenvalue weighted by Gasteiger charge is 2.25. The molecule has 0 aromatic heterocycles. The fraction of sp³-hybridized carbons (Fsp3) is 0.500. The number of hydrogen-bond donors (Lipinski definition) is 2. The molecule has 1 aliphatic rings. The molecule has 1 amide bonds. The van der Waals surface area contributed by atoms with E-state index < -0.39 is 0 Å². The van der Waals surface area contributed by atoms with Gasteiger partial charge in [-0.3, -0.25) is 4.79 Å². The largest absolute Gasteiger partial charge is 0.409 e. The number of nitrogens with one attached hydrogen (secondary N) is 1. The zero-order chi connectivity index (χ0) is 6.85. The minimum absolute atomic E-state index is 0.104. The number of amidine groups is 1. The molecule has 1 saturated heterocycles. The molecule has 9 heavy (non-hydrogen) atoms. The van der Waals surface area contributed by atoms with Crippen molar-refractivity contribution in [2.75, 3.05) is 0 Å². The third kappa shape index (κ3) is 1.16. The summed E-state index contributed by atoms with van der Waals surface area (Å²) in [4.78, 5) is 10.6. The first-order valence-corrected chi connectivity index (χ1v) is 3.31. The smallest absolute Gasteiger partial charge is 0.239 e. The van der Waals surface area contributed by atoms with Crippen LogP contribution in [0.25, 0.3) is 0 Å². The van der Waals surface area contributed by atoms with Crippen molar-refractivity contribution in [3.05, 3.63) is 0 Å². The third-order valence-electron chi connectivity index (χ3n) is 0.979. The SMILES string of the molecule is CC1SC(=NO)NC1=O. The van der Waals surface area contributed by atoms with Gasteiger partial charge in [0, 0.05) is 0 Å². The van der Waals surface area contributed by atoms with Gasteiger partial charge >= 0.3 is 0 Å². The molecule has 2 N–H and O–H groups in total. The molecule has 0 aromatic rings. The summed E-state index contributed by atoms with van der Waals surface area (Å²) in [6.07, 6.45) is 0. The van der Waals surface area contributed by atoms with Crippen LogP contribution in [0, 0.1) is 0 Å². The minimum Gasteiger partial charge on any atom is -0.409 e. The Morgan fingerprint density at radius 1 is 1.89 bits per heavy atom. The number of carbonyl (C=O) groups is 1. The molecule has 0 aromatic carbocycles. The molecule has 1 rings (SSSR count). The molecular weight excluding hydrogens is 140 g/mol. The third-order valence-corrected chi connectivity index (χ3v) is 1.95. The van der Waals surface area contributed by atoms with Crippen LogP contribution in [-0.4, -0.2) is 21.5 Å². The van der Waals surface area contributed by atoms with E-state index in [4.69, 9.17) is 5.21 Å². The van der Waals surface area contributed by atoms with Crippen LogP contribution in [0.5, 0.6) is 0 Å². The van der Waals surface area contributed by atoms with Crippen molar-refractivity contribution in [2.45, 2.75) is 12.2 Å². The van der Waals surface area contributed by atoms with Crippen molar-refractivity contribution < 1.29 is 10.0 Å². The van der Waals surface area contributed by atoms with Crippen molar-refractivity contribution in [3.63, 3.8) is 0 Å². The zero-order valence-electron chi connectivity index (χ0n) is 4.79. The maximum Gasteiger partial charge on any atom is 0.239 e. The van der Waals surface area contributed by atoms with Gasteiger partial charge in [0.1, 0.15) is 0 Å². The second-order valence-corrected chi connectivity index (χ2v) is 2.98. The summed E-state index contributed by atoms with van der Waals surface area (Å²) in [6.45, 7) is 1.75. The van der Waals surface area contributed by atoms with E-state index in [1.807, 2.05) is 0 Å². The molecular formula is C4H6N2O2S. The van der Waals surface area contributed by atoms with E-state index >= 15 is 0 Å². The highest BCUT2D eigenvalue weighted by molar-refractivity contribution is 8.15. The highest BCUT2D eigenvalue weighted by Crippen LogP contribution is 2.17. The quantitative estimate of drug-likeness (QED) is 0.373. The Morgan fingerprint density at radius 2 is 2.56 bits per heavy atom. The summed E-state index contributed by atoms with van der Waals surface area (Å²) < 4.78 is 0. The van der Waals surface area contributed by atoms with Gasteiger partial charge < -0.3 is 10.5 Å². The number of hydrogen-bond acceptors (Lipinski definition) is 4. The van der Waals surface area contributed by atoms with Crippen LogP contribution in [0.1, 0.15) is 6.92 Å². The predicted octanol–water partition coefficient (Wildman–Crippen LogP) is -0.0169. The van der Waals surface area contributed by atoms with Crippen molar-refractivity contribution in [3.8, 4) is 0 Å². The van der Waals surface area contributed by atoms with E-state index in [-0.39, 0.29) is 16.3 Å². The number of carbonyl (C=O) groups excluding carboxylic acids is 1. The predicted molar refractivity (Wildman–Crippen MR) is 34.4 cm³/mol. The Balaban J connectivity index is 2.65. The molecule has 1 fully saturated rings. The first kappa shape index (κ1) is 6.41. The summed E-state index contributed by atoms with van der Waals surface area (Å²) in [5, 5.41) is 13.5. The van der Waals surface area contributed by atoms with E-state index in [0.29, 0.717) is 0 Å². The van der Waals surface area contributed by atoms with E-state index in [2.05, 4.69) is 10.5 Å². The summed E-state index contributed by atoms with van der Waals surface area (Å²) >= 11 is 1.21. The molecule has 1 aliphatic heterocycles. The van der Waals surface area contributed by atoms with Crippen molar-refractivity contribution in [2.24, 2.45) is 5.16 Å². The highest BCUT2D eigenvalue weighted by atomic mass is 32.2. The van der Waals surface area contributed by atoms with Crippen LogP contribution in [0.3, 0.4) is 0 Å². The second-order valence-electron chi connectivity index (χ2n) is 1.65. The lowest BCUT2D eigenvalue weighted by Gasteiger charge is -1.87. The Labute approximate surface area is 56.3 Å². The molecule has 0 bridgehead atoms. The van der Waals surface area contributed by atoms with Gasteiger partial charge in [-0.15, -0.1) is 0 Å². The lowest BCUT2D eigenvalue weighted by molar-refractivity contribution is -0.118. The number of oxime groups is 1. The molecule has 1 heterocycles. The lowest BCUT2D eigenvalue weighted by Crippen LogP contribution is -2.23. The lowest BCUT2D eigenvalue weighted by atomic mass is 10.4. The number of amides is 1. The van der Waals surface area contributed by atoms with E-state index in [1.165, 1.54) is 11.8 Å². The Kier molecular flexibility index (Phi) is 1.61. The Morgan fingerprint density at radius 3 is 2.78 bits per heavy atom. The van der Waals surface area contributed by atoms with Crippen LogP contribution in [0.15, 0.2) is 5.16 Å². The normalized spacial score (nSPS) is 31.0.